The second kappa shape index (κ2) is 7.67. The van der Waals surface area contributed by atoms with Gasteiger partial charge in [-0.1, -0.05) is 0 Å². The lowest BCUT2D eigenvalue weighted by atomic mass is 9.88. The van der Waals surface area contributed by atoms with E-state index in [4.69, 9.17) is 9.47 Å². The molecule has 7 nitrogen and oxygen atoms in total. The summed E-state index contributed by atoms with van der Waals surface area (Å²) in [6.07, 6.45) is 0.388. The summed E-state index contributed by atoms with van der Waals surface area (Å²) in [5.74, 6) is -0.303. The van der Waals surface area contributed by atoms with Crippen molar-refractivity contribution in [1.29, 1.82) is 0 Å². The first-order chi connectivity index (χ1) is 13.3. The van der Waals surface area contributed by atoms with Gasteiger partial charge in [-0.15, -0.1) is 0 Å². The molecule has 2 aromatic rings. The molecule has 0 aliphatic carbocycles. The predicted octanol–water partition coefficient (Wildman–Crippen LogP) is 2.67. The Balaban J connectivity index is 1.88. The highest BCUT2D eigenvalue weighted by Crippen LogP contribution is 2.33. The lowest BCUT2D eigenvalue weighted by Crippen LogP contribution is -2.40. The van der Waals surface area contributed by atoms with Crippen LogP contribution in [-0.2, 0) is 9.53 Å². The average molecular weight is 386 g/mol. The minimum atomic E-state index is -1.04. The molecule has 3 rings (SSSR count). The minimum Gasteiger partial charge on any atom is -0.497 e. The van der Waals surface area contributed by atoms with E-state index in [-0.39, 0.29) is 19.1 Å². The molecule has 0 saturated carbocycles. The van der Waals surface area contributed by atoms with Crippen LogP contribution in [0.4, 0.5) is 0 Å². The molecule has 1 aliphatic rings. The summed E-state index contributed by atoms with van der Waals surface area (Å²) in [7, 11) is 3.10. The van der Waals surface area contributed by atoms with Crippen molar-refractivity contribution in [1.82, 2.24) is 9.47 Å². The summed E-state index contributed by atoms with van der Waals surface area (Å²) in [5, 5.41) is 9.63. The first-order valence-corrected chi connectivity index (χ1v) is 9.18. The zero-order chi connectivity index (χ0) is 20.5. The Bertz CT molecular complexity index is 887. The molecule has 28 heavy (non-hydrogen) atoms. The molecule has 0 spiro atoms. The Kier molecular flexibility index (Phi) is 5.47. The maximum absolute atomic E-state index is 13.1. The van der Waals surface area contributed by atoms with Crippen molar-refractivity contribution in [2.24, 2.45) is 5.41 Å². The fourth-order valence-electron chi connectivity index (χ4n) is 3.95. The highest BCUT2D eigenvalue weighted by molar-refractivity contribution is 5.96. The van der Waals surface area contributed by atoms with Gasteiger partial charge in [-0.2, -0.15) is 0 Å². The van der Waals surface area contributed by atoms with Gasteiger partial charge in [0.1, 0.15) is 11.2 Å². The van der Waals surface area contributed by atoms with Crippen LogP contribution in [-0.4, -0.2) is 60.4 Å². The van der Waals surface area contributed by atoms with Gasteiger partial charge < -0.3 is 24.0 Å². The molecule has 2 heterocycles. The largest absolute Gasteiger partial charge is 0.497 e. The number of hydrogen-bond donors (Lipinski definition) is 1. The topological polar surface area (TPSA) is 81.0 Å². The number of methoxy groups -OCH3 is 2. The number of aliphatic carboxylic acids is 1. The SMILES string of the molecule is COCC1(C(=O)O)CCN(C(=O)c2cc(C)n(-c3ccc(OC)cc3)c2C)C1. The highest BCUT2D eigenvalue weighted by Gasteiger charge is 2.46. The van der Waals surface area contributed by atoms with Gasteiger partial charge in [-0.05, 0) is 50.6 Å². The number of hydrogen-bond acceptors (Lipinski definition) is 4. The lowest BCUT2D eigenvalue weighted by Gasteiger charge is -2.23. The van der Waals surface area contributed by atoms with Crippen LogP contribution >= 0.6 is 0 Å². The Labute approximate surface area is 164 Å². The van der Waals surface area contributed by atoms with E-state index >= 15 is 0 Å². The van der Waals surface area contributed by atoms with Gasteiger partial charge in [0, 0.05) is 37.3 Å². The summed E-state index contributed by atoms with van der Waals surface area (Å²) in [6, 6.07) is 9.50. The predicted molar refractivity (Wildman–Crippen MR) is 104 cm³/mol. The van der Waals surface area contributed by atoms with Gasteiger partial charge in [0.25, 0.3) is 5.91 Å². The number of nitrogens with zero attached hydrogens (tertiary/aromatic N) is 2. The van der Waals surface area contributed by atoms with Crippen molar-refractivity contribution >= 4 is 11.9 Å². The molecule has 1 aromatic carbocycles. The third kappa shape index (κ3) is 3.38. The molecule has 1 amide bonds. The molecular weight excluding hydrogens is 360 g/mol. The number of carbonyl (C=O) groups excluding carboxylic acids is 1. The van der Waals surface area contributed by atoms with E-state index in [1.54, 1.807) is 12.0 Å². The van der Waals surface area contributed by atoms with E-state index in [2.05, 4.69) is 0 Å². The number of ether oxygens (including phenoxy) is 2. The van der Waals surface area contributed by atoms with Crippen LogP contribution < -0.4 is 4.74 Å². The van der Waals surface area contributed by atoms with Crippen LogP contribution in [0.2, 0.25) is 0 Å². The van der Waals surface area contributed by atoms with Gasteiger partial charge in [-0.25, -0.2) is 0 Å². The van der Waals surface area contributed by atoms with Crippen LogP contribution in [0.15, 0.2) is 30.3 Å². The molecule has 7 heteroatoms. The quantitative estimate of drug-likeness (QED) is 0.826. The summed E-state index contributed by atoms with van der Waals surface area (Å²) in [6.45, 7) is 4.50. The molecule has 0 bridgehead atoms. The first-order valence-electron chi connectivity index (χ1n) is 9.18. The normalized spacial score (nSPS) is 19.1. The van der Waals surface area contributed by atoms with Crippen molar-refractivity contribution in [2.45, 2.75) is 20.3 Å². The van der Waals surface area contributed by atoms with Gasteiger partial charge in [-0.3, -0.25) is 9.59 Å². The zero-order valence-corrected chi connectivity index (χ0v) is 16.7. The van der Waals surface area contributed by atoms with E-state index in [1.165, 1.54) is 7.11 Å². The van der Waals surface area contributed by atoms with Crippen molar-refractivity contribution in [3.63, 3.8) is 0 Å². The van der Waals surface area contributed by atoms with Crippen molar-refractivity contribution in [2.75, 3.05) is 33.9 Å². The number of aromatic nitrogens is 1. The Hall–Kier alpha value is -2.80. The van der Waals surface area contributed by atoms with Crippen molar-refractivity contribution < 1.29 is 24.2 Å². The number of benzene rings is 1. The van der Waals surface area contributed by atoms with E-state index in [0.29, 0.717) is 18.5 Å². The van der Waals surface area contributed by atoms with Crippen LogP contribution in [0.1, 0.15) is 28.2 Å². The highest BCUT2D eigenvalue weighted by atomic mass is 16.5. The van der Waals surface area contributed by atoms with E-state index < -0.39 is 11.4 Å². The third-order valence-electron chi connectivity index (χ3n) is 5.51. The maximum atomic E-state index is 13.1. The van der Waals surface area contributed by atoms with Gasteiger partial charge in [0.15, 0.2) is 0 Å². The molecular formula is C21H26N2O5. The first kappa shape index (κ1) is 19.9. The monoisotopic (exact) mass is 386 g/mol. The number of carboxylic acid groups (broad SMARTS) is 1. The molecule has 150 valence electrons. The molecule has 1 atom stereocenters. The van der Waals surface area contributed by atoms with Gasteiger partial charge in [0.2, 0.25) is 0 Å². The number of amides is 1. The lowest BCUT2D eigenvalue weighted by molar-refractivity contribution is -0.151. The molecule has 1 saturated heterocycles. The van der Waals surface area contributed by atoms with Crippen molar-refractivity contribution in [3.8, 4) is 11.4 Å². The number of rotatable bonds is 6. The fraction of sp³-hybridized carbons (Fsp3) is 0.429. The van der Waals surface area contributed by atoms with E-state index in [0.717, 1.165) is 22.8 Å². The number of aryl methyl sites for hydroxylation is 1. The summed E-state index contributed by atoms with van der Waals surface area (Å²) < 4.78 is 12.3. The van der Waals surface area contributed by atoms with E-state index in [9.17, 15) is 14.7 Å². The standard InChI is InChI=1S/C21H26N2O5/c1-14-11-18(15(2)23(14)16-5-7-17(28-4)8-6-16)19(24)22-10-9-21(12-22,13-27-3)20(25)26/h5-8,11H,9-10,12-13H2,1-4H3,(H,25,26). The number of carboxylic acids is 1. The van der Waals surface area contributed by atoms with Gasteiger partial charge >= 0.3 is 5.97 Å². The third-order valence-corrected chi connectivity index (χ3v) is 5.51. The molecule has 1 aliphatic heterocycles. The number of carbonyl (C=O) groups is 2. The smallest absolute Gasteiger partial charge is 0.313 e. The van der Waals surface area contributed by atoms with Crippen LogP contribution in [0.3, 0.4) is 0 Å². The maximum Gasteiger partial charge on any atom is 0.313 e. The Morgan fingerprint density at radius 1 is 1.18 bits per heavy atom. The summed E-state index contributed by atoms with van der Waals surface area (Å²) in [5.41, 5.74) is 2.26. The second-order valence-corrected chi connectivity index (χ2v) is 7.31. The van der Waals surface area contributed by atoms with E-state index in [1.807, 2.05) is 48.7 Å². The molecule has 1 aromatic heterocycles. The van der Waals surface area contributed by atoms with Crippen molar-refractivity contribution in [3.05, 3.63) is 47.3 Å². The Morgan fingerprint density at radius 2 is 1.86 bits per heavy atom. The Morgan fingerprint density at radius 3 is 2.43 bits per heavy atom. The molecule has 1 unspecified atom stereocenters. The summed E-state index contributed by atoms with van der Waals surface area (Å²) >= 11 is 0. The van der Waals surface area contributed by atoms with Crippen LogP contribution in [0, 0.1) is 19.3 Å². The molecule has 1 fully saturated rings. The zero-order valence-electron chi connectivity index (χ0n) is 16.7. The molecule has 1 N–H and O–H groups in total. The van der Waals surface area contributed by atoms with Crippen LogP contribution in [0.25, 0.3) is 5.69 Å². The summed E-state index contributed by atoms with van der Waals surface area (Å²) in [4.78, 5) is 26.5. The minimum absolute atomic E-state index is 0.0942. The second-order valence-electron chi connectivity index (χ2n) is 7.31. The molecule has 0 radical (unpaired) electrons. The van der Waals surface area contributed by atoms with Crippen LogP contribution in [0.5, 0.6) is 5.75 Å². The van der Waals surface area contributed by atoms with Gasteiger partial charge in [0.05, 0.1) is 19.3 Å². The number of likely N-dealkylation sites (tertiary alicyclic amines) is 1. The average Bonchev–Trinajstić information content (AvgIpc) is 3.24. The fourth-order valence-corrected chi connectivity index (χ4v) is 3.95.